The molecule has 2 rings (SSSR count). The van der Waals surface area contributed by atoms with E-state index in [4.69, 9.17) is 0 Å². The lowest BCUT2D eigenvalue weighted by atomic mass is 10.1. The Kier molecular flexibility index (Phi) is 4.24. The van der Waals surface area contributed by atoms with Gasteiger partial charge in [0.1, 0.15) is 0 Å². The lowest BCUT2D eigenvalue weighted by molar-refractivity contribution is -0.122. The van der Waals surface area contributed by atoms with E-state index in [0.29, 0.717) is 18.4 Å². The van der Waals surface area contributed by atoms with E-state index in [0.717, 1.165) is 19.5 Å². The molecule has 1 saturated heterocycles. The van der Waals surface area contributed by atoms with Crippen molar-refractivity contribution >= 4 is 11.6 Å². The summed E-state index contributed by atoms with van der Waals surface area (Å²) in [6.07, 6.45) is 1.67. The Morgan fingerprint density at radius 2 is 2.11 bits per heavy atom. The second-order valence-electron chi connectivity index (χ2n) is 5.43. The normalized spacial score (nSPS) is 19.3. The third-order valence-corrected chi connectivity index (χ3v) is 3.27. The van der Waals surface area contributed by atoms with Gasteiger partial charge in [0.05, 0.1) is 0 Å². The Balaban J connectivity index is 1.84. The molecule has 1 aliphatic rings. The van der Waals surface area contributed by atoms with Crippen molar-refractivity contribution in [1.82, 2.24) is 5.32 Å². The summed E-state index contributed by atoms with van der Waals surface area (Å²) in [7, 11) is 0. The Morgan fingerprint density at radius 3 is 2.78 bits per heavy atom. The van der Waals surface area contributed by atoms with Crippen molar-refractivity contribution in [3.63, 3.8) is 0 Å². The van der Waals surface area contributed by atoms with Gasteiger partial charge in [0, 0.05) is 31.2 Å². The number of nitrogens with zero attached hydrogens (tertiary/aromatic N) is 1. The zero-order chi connectivity index (χ0) is 13.0. The topological polar surface area (TPSA) is 32.3 Å². The Labute approximate surface area is 109 Å². The van der Waals surface area contributed by atoms with Crippen LogP contribution in [0.1, 0.15) is 26.7 Å². The largest absolute Gasteiger partial charge is 0.369 e. The number of para-hydroxylation sites is 1. The molecule has 1 N–H and O–H groups in total. The maximum absolute atomic E-state index is 11.7. The van der Waals surface area contributed by atoms with Crippen LogP contribution < -0.4 is 10.2 Å². The first-order chi connectivity index (χ1) is 8.65. The van der Waals surface area contributed by atoms with Crippen molar-refractivity contribution in [3.05, 3.63) is 30.3 Å². The highest BCUT2D eigenvalue weighted by molar-refractivity contribution is 5.76. The second-order valence-corrected chi connectivity index (χ2v) is 5.43. The molecule has 0 aromatic heterocycles. The molecule has 0 saturated carbocycles. The van der Waals surface area contributed by atoms with Crippen molar-refractivity contribution in [3.8, 4) is 0 Å². The maximum atomic E-state index is 11.7. The monoisotopic (exact) mass is 246 g/mol. The van der Waals surface area contributed by atoms with E-state index in [-0.39, 0.29) is 5.91 Å². The molecule has 0 spiro atoms. The molecule has 1 aromatic rings. The third-order valence-electron chi connectivity index (χ3n) is 3.27. The van der Waals surface area contributed by atoms with Crippen molar-refractivity contribution in [2.24, 2.45) is 5.92 Å². The Hall–Kier alpha value is -1.51. The molecule has 0 radical (unpaired) electrons. The van der Waals surface area contributed by atoms with Gasteiger partial charge in [-0.15, -0.1) is 0 Å². The van der Waals surface area contributed by atoms with Gasteiger partial charge in [0.15, 0.2) is 0 Å². The number of hydrogen-bond acceptors (Lipinski definition) is 2. The summed E-state index contributed by atoms with van der Waals surface area (Å²) in [5, 5.41) is 3.13. The van der Waals surface area contributed by atoms with Gasteiger partial charge in [0.25, 0.3) is 0 Å². The Morgan fingerprint density at radius 1 is 1.39 bits per heavy atom. The number of rotatable bonds is 4. The molecule has 1 unspecified atom stereocenters. The van der Waals surface area contributed by atoms with Crippen molar-refractivity contribution in [1.29, 1.82) is 0 Å². The smallest absolute Gasteiger partial charge is 0.220 e. The van der Waals surface area contributed by atoms with Gasteiger partial charge < -0.3 is 10.2 Å². The summed E-state index contributed by atoms with van der Waals surface area (Å²) in [4.78, 5) is 14.1. The van der Waals surface area contributed by atoms with Gasteiger partial charge in [0.2, 0.25) is 5.91 Å². The summed E-state index contributed by atoms with van der Waals surface area (Å²) >= 11 is 0. The van der Waals surface area contributed by atoms with Gasteiger partial charge in [-0.2, -0.15) is 0 Å². The van der Waals surface area contributed by atoms with Crippen LogP contribution in [-0.4, -0.2) is 25.0 Å². The molecule has 3 heteroatoms. The van der Waals surface area contributed by atoms with Crippen LogP contribution in [0, 0.1) is 5.92 Å². The van der Waals surface area contributed by atoms with Crippen molar-refractivity contribution in [2.75, 3.05) is 18.0 Å². The second kappa shape index (κ2) is 5.89. The molecule has 1 fully saturated rings. The van der Waals surface area contributed by atoms with Crippen LogP contribution in [0.15, 0.2) is 30.3 Å². The fraction of sp³-hybridized carbons (Fsp3) is 0.533. The summed E-state index contributed by atoms with van der Waals surface area (Å²) in [5.74, 6) is 0.613. The highest BCUT2D eigenvalue weighted by atomic mass is 16.1. The zero-order valence-corrected chi connectivity index (χ0v) is 11.2. The highest BCUT2D eigenvalue weighted by Crippen LogP contribution is 2.19. The fourth-order valence-electron chi connectivity index (χ4n) is 2.41. The molecule has 1 atom stereocenters. The average Bonchev–Trinajstić information content (AvgIpc) is 2.77. The SMILES string of the molecule is CC(C)CC(=O)NC1CCN(c2ccccc2)C1. The summed E-state index contributed by atoms with van der Waals surface area (Å²) in [5.41, 5.74) is 1.25. The van der Waals surface area contributed by atoms with Crippen molar-refractivity contribution in [2.45, 2.75) is 32.7 Å². The first kappa shape index (κ1) is 12.9. The minimum atomic E-state index is 0.185. The quantitative estimate of drug-likeness (QED) is 0.885. The van der Waals surface area contributed by atoms with E-state index in [1.807, 2.05) is 6.07 Å². The molecule has 1 aromatic carbocycles. The zero-order valence-electron chi connectivity index (χ0n) is 11.2. The predicted molar refractivity (Wildman–Crippen MR) is 74.7 cm³/mol. The van der Waals surface area contributed by atoms with E-state index >= 15 is 0 Å². The highest BCUT2D eigenvalue weighted by Gasteiger charge is 2.23. The molecule has 0 bridgehead atoms. The number of hydrogen-bond donors (Lipinski definition) is 1. The van der Waals surface area contributed by atoms with Crippen LogP contribution in [0.2, 0.25) is 0 Å². The average molecular weight is 246 g/mol. The number of nitrogens with one attached hydrogen (secondary N) is 1. The molecule has 3 nitrogen and oxygen atoms in total. The third kappa shape index (κ3) is 3.49. The lowest BCUT2D eigenvalue weighted by Gasteiger charge is -2.19. The number of amides is 1. The minimum Gasteiger partial charge on any atom is -0.369 e. The van der Waals surface area contributed by atoms with Gasteiger partial charge in [-0.05, 0) is 24.5 Å². The van der Waals surface area contributed by atoms with E-state index < -0.39 is 0 Å². The summed E-state index contributed by atoms with van der Waals surface area (Å²) in [6.45, 7) is 6.10. The first-order valence-electron chi connectivity index (χ1n) is 6.74. The van der Waals surface area contributed by atoms with Gasteiger partial charge in [-0.25, -0.2) is 0 Å². The van der Waals surface area contributed by atoms with Gasteiger partial charge >= 0.3 is 0 Å². The van der Waals surface area contributed by atoms with E-state index in [2.05, 4.69) is 48.3 Å². The van der Waals surface area contributed by atoms with Crippen LogP contribution in [0.5, 0.6) is 0 Å². The van der Waals surface area contributed by atoms with Crippen molar-refractivity contribution < 1.29 is 4.79 Å². The van der Waals surface area contributed by atoms with E-state index in [9.17, 15) is 4.79 Å². The van der Waals surface area contributed by atoms with E-state index in [1.165, 1.54) is 5.69 Å². The first-order valence-corrected chi connectivity index (χ1v) is 6.74. The predicted octanol–water partition coefficient (Wildman–Crippen LogP) is 2.43. The minimum absolute atomic E-state index is 0.185. The summed E-state index contributed by atoms with van der Waals surface area (Å²) in [6, 6.07) is 10.7. The fourth-order valence-corrected chi connectivity index (χ4v) is 2.41. The number of carbonyl (C=O) groups is 1. The molecular formula is C15H22N2O. The molecule has 1 heterocycles. The molecule has 0 aliphatic carbocycles. The van der Waals surface area contributed by atoms with Gasteiger partial charge in [-0.1, -0.05) is 32.0 Å². The summed E-state index contributed by atoms with van der Waals surface area (Å²) < 4.78 is 0. The van der Waals surface area contributed by atoms with E-state index in [1.54, 1.807) is 0 Å². The molecular weight excluding hydrogens is 224 g/mol. The molecule has 18 heavy (non-hydrogen) atoms. The molecule has 1 amide bonds. The number of benzene rings is 1. The van der Waals surface area contributed by atoms with Crippen LogP contribution in [0.25, 0.3) is 0 Å². The van der Waals surface area contributed by atoms with Crippen LogP contribution >= 0.6 is 0 Å². The standard InChI is InChI=1S/C15H22N2O/c1-12(2)10-15(18)16-13-8-9-17(11-13)14-6-4-3-5-7-14/h3-7,12-13H,8-11H2,1-2H3,(H,16,18). The lowest BCUT2D eigenvalue weighted by Crippen LogP contribution is -2.37. The Bertz CT molecular complexity index is 389. The van der Waals surface area contributed by atoms with Crippen LogP contribution in [-0.2, 0) is 4.79 Å². The number of carbonyl (C=O) groups excluding carboxylic acids is 1. The van der Waals surface area contributed by atoms with Crippen LogP contribution in [0.4, 0.5) is 5.69 Å². The molecule has 98 valence electrons. The maximum Gasteiger partial charge on any atom is 0.220 e. The molecule has 1 aliphatic heterocycles. The number of anilines is 1. The van der Waals surface area contributed by atoms with Gasteiger partial charge in [-0.3, -0.25) is 4.79 Å². The van der Waals surface area contributed by atoms with Crippen LogP contribution in [0.3, 0.4) is 0 Å².